The first-order chi connectivity index (χ1) is 13.5. The van der Waals surface area contributed by atoms with Gasteiger partial charge in [-0.2, -0.15) is 0 Å². The van der Waals surface area contributed by atoms with Crippen LogP contribution in [0, 0.1) is 5.41 Å². The molecule has 2 heterocycles. The summed E-state index contributed by atoms with van der Waals surface area (Å²) < 4.78 is 5.82. The maximum absolute atomic E-state index is 12.6. The molecule has 1 aliphatic carbocycles. The van der Waals surface area contributed by atoms with E-state index >= 15 is 0 Å². The number of hydrogen-bond acceptors (Lipinski definition) is 6. The number of H-pyrrole nitrogens is 1. The van der Waals surface area contributed by atoms with Crippen molar-refractivity contribution in [1.29, 1.82) is 0 Å². The lowest BCUT2D eigenvalue weighted by molar-refractivity contribution is 0.0438. The fourth-order valence-corrected chi connectivity index (χ4v) is 3.64. The van der Waals surface area contributed by atoms with Crippen molar-refractivity contribution < 1.29 is 19.7 Å². The number of fused-ring (bicyclic) bond motifs is 1. The van der Waals surface area contributed by atoms with Crippen LogP contribution in [0.15, 0.2) is 48.8 Å². The summed E-state index contributed by atoms with van der Waals surface area (Å²) in [5.74, 6) is 0.484. The molecule has 0 bridgehead atoms. The van der Waals surface area contributed by atoms with Crippen LogP contribution in [0.25, 0.3) is 11.0 Å². The van der Waals surface area contributed by atoms with Gasteiger partial charge in [0.1, 0.15) is 5.75 Å². The van der Waals surface area contributed by atoms with E-state index in [9.17, 15) is 15.0 Å². The lowest BCUT2D eigenvalue weighted by Gasteiger charge is -2.29. The normalized spacial score (nSPS) is 22.7. The van der Waals surface area contributed by atoms with E-state index in [1.165, 1.54) is 0 Å². The number of aliphatic hydroxyl groups excluding tert-OH is 2. The van der Waals surface area contributed by atoms with Crippen LogP contribution in [0.1, 0.15) is 23.5 Å². The van der Waals surface area contributed by atoms with Crippen molar-refractivity contribution in [2.75, 3.05) is 13.2 Å². The monoisotopic (exact) mass is 454 g/mol. The molecule has 3 atom stereocenters. The first-order valence-corrected chi connectivity index (χ1v) is 9.17. The fourth-order valence-electron chi connectivity index (χ4n) is 3.64. The van der Waals surface area contributed by atoms with E-state index in [1.54, 1.807) is 24.5 Å². The van der Waals surface area contributed by atoms with Crippen LogP contribution in [0.3, 0.4) is 0 Å². The van der Waals surface area contributed by atoms with E-state index in [2.05, 4.69) is 20.3 Å². The molecule has 0 spiro atoms. The number of aromatic nitrogens is 3. The number of amides is 1. The standard InChI is InChI=1S/C20H22N4O4.2ClH/c25-16-8-20(9-17(16)26,12-28-13-4-3-7-21-10-13)11-22-19(27)18-23-14-5-1-2-6-15(14)24-18;;/h1-7,10,16-17,25-26H,8-9,11-12H2,(H,22,27)(H,23,24);2*1H/t16-,17+,20?;;. The van der Waals surface area contributed by atoms with E-state index < -0.39 is 17.6 Å². The molecular weight excluding hydrogens is 431 g/mol. The second kappa shape index (κ2) is 10.1. The van der Waals surface area contributed by atoms with Crippen LogP contribution in [0.2, 0.25) is 0 Å². The predicted molar refractivity (Wildman–Crippen MR) is 116 cm³/mol. The summed E-state index contributed by atoms with van der Waals surface area (Å²) in [7, 11) is 0. The van der Waals surface area contributed by atoms with Gasteiger partial charge in [0.25, 0.3) is 5.91 Å². The number of halogens is 2. The number of nitrogens with zero attached hydrogens (tertiary/aromatic N) is 2. The van der Waals surface area contributed by atoms with Crippen molar-refractivity contribution in [1.82, 2.24) is 20.3 Å². The number of carbonyl (C=O) groups is 1. The molecule has 1 unspecified atom stereocenters. The largest absolute Gasteiger partial charge is 0.491 e. The lowest BCUT2D eigenvalue weighted by Crippen LogP contribution is -2.41. The zero-order chi connectivity index (χ0) is 19.6. The molecule has 4 N–H and O–H groups in total. The van der Waals surface area contributed by atoms with Gasteiger partial charge in [-0.05, 0) is 37.1 Å². The third-order valence-electron chi connectivity index (χ3n) is 5.14. The van der Waals surface area contributed by atoms with Gasteiger partial charge in [0.2, 0.25) is 0 Å². The number of nitrogens with one attached hydrogen (secondary N) is 2. The first-order valence-electron chi connectivity index (χ1n) is 9.17. The van der Waals surface area contributed by atoms with Crippen molar-refractivity contribution in [3.05, 3.63) is 54.6 Å². The van der Waals surface area contributed by atoms with E-state index in [0.717, 1.165) is 5.52 Å². The van der Waals surface area contributed by atoms with Crippen LogP contribution in [-0.4, -0.2) is 56.4 Å². The molecular formula is C20H24Cl2N4O4. The fraction of sp³-hybridized carbons (Fsp3) is 0.350. The number of rotatable bonds is 6. The lowest BCUT2D eigenvalue weighted by atomic mass is 9.86. The van der Waals surface area contributed by atoms with Crippen LogP contribution in [-0.2, 0) is 0 Å². The van der Waals surface area contributed by atoms with Crippen molar-refractivity contribution in [2.45, 2.75) is 25.0 Å². The molecule has 1 fully saturated rings. The smallest absolute Gasteiger partial charge is 0.287 e. The second-order valence-corrected chi connectivity index (χ2v) is 7.31. The molecule has 1 aliphatic rings. The highest BCUT2D eigenvalue weighted by atomic mass is 35.5. The molecule has 8 nitrogen and oxygen atoms in total. The third kappa shape index (κ3) is 5.20. The molecule has 4 rings (SSSR count). The van der Waals surface area contributed by atoms with Crippen LogP contribution < -0.4 is 10.1 Å². The summed E-state index contributed by atoms with van der Waals surface area (Å²) in [6.07, 6.45) is 2.21. The van der Waals surface area contributed by atoms with E-state index in [0.29, 0.717) is 24.1 Å². The van der Waals surface area contributed by atoms with Crippen LogP contribution in [0.5, 0.6) is 5.75 Å². The highest BCUT2D eigenvalue weighted by Crippen LogP contribution is 2.38. The zero-order valence-corrected chi connectivity index (χ0v) is 17.7. The maximum Gasteiger partial charge on any atom is 0.287 e. The summed E-state index contributed by atoms with van der Waals surface area (Å²) in [4.78, 5) is 23.9. The topological polar surface area (TPSA) is 120 Å². The average Bonchev–Trinajstić information content (AvgIpc) is 3.27. The minimum atomic E-state index is -0.847. The van der Waals surface area contributed by atoms with Crippen molar-refractivity contribution >= 4 is 41.8 Å². The number of aromatic amines is 1. The Bertz CT molecular complexity index is 927. The van der Waals surface area contributed by atoms with Gasteiger partial charge in [-0.3, -0.25) is 9.78 Å². The molecule has 3 aromatic rings. The predicted octanol–water partition coefficient (Wildman–Crippen LogP) is 2.11. The molecule has 30 heavy (non-hydrogen) atoms. The molecule has 162 valence electrons. The highest BCUT2D eigenvalue weighted by Gasteiger charge is 2.45. The Morgan fingerprint density at radius 2 is 1.90 bits per heavy atom. The summed E-state index contributed by atoms with van der Waals surface area (Å²) in [6, 6.07) is 11.0. The second-order valence-electron chi connectivity index (χ2n) is 7.31. The van der Waals surface area contributed by atoms with Gasteiger partial charge in [-0.1, -0.05) is 12.1 Å². The molecule has 0 aliphatic heterocycles. The van der Waals surface area contributed by atoms with E-state index in [4.69, 9.17) is 4.74 Å². The maximum atomic E-state index is 12.6. The molecule has 1 aromatic carbocycles. The van der Waals surface area contributed by atoms with Crippen molar-refractivity contribution in [3.8, 4) is 5.75 Å². The summed E-state index contributed by atoms with van der Waals surface area (Å²) in [6.45, 7) is 0.491. The molecule has 1 amide bonds. The minimum Gasteiger partial charge on any atom is -0.491 e. The van der Waals surface area contributed by atoms with E-state index in [1.807, 2.05) is 24.3 Å². The molecule has 1 saturated carbocycles. The van der Waals surface area contributed by atoms with Gasteiger partial charge in [0.15, 0.2) is 5.82 Å². The SMILES string of the molecule is Cl.Cl.O=C(NCC1(COc2cccnc2)C[C@@H](O)[C@@H](O)C1)c1nc2ccccc2[nH]1. The van der Waals surface area contributed by atoms with Gasteiger partial charge in [-0.15, -0.1) is 24.8 Å². The zero-order valence-electron chi connectivity index (χ0n) is 16.0. The van der Waals surface area contributed by atoms with Gasteiger partial charge in [0, 0.05) is 18.2 Å². The number of aliphatic hydroxyl groups is 2. The van der Waals surface area contributed by atoms with Crippen LogP contribution >= 0.6 is 24.8 Å². The Balaban J connectivity index is 0.00000160. The van der Waals surface area contributed by atoms with Gasteiger partial charge >= 0.3 is 0 Å². The minimum absolute atomic E-state index is 0. The summed E-state index contributed by atoms with van der Waals surface area (Å²) >= 11 is 0. The quantitative estimate of drug-likeness (QED) is 0.452. The Kier molecular flexibility index (Phi) is 8.03. The number of para-hydroxylation sites is 2. The Morgan fingerprint density at radius 3 is 2.57 bits per heavy atom. The average molecular weight is 455 g/mol. The summed E-state index contributed by atoms with van der Waals surface area (Å²) in [5, 5.41) is 23.0. The number of pyridine rings is 1. The number of benzene rings is 1. The van der Waals surface area contributed by atoms with Gasteiger partial charge < -0.3 is 25.3 Å². The number of carbonyl (C=O) groups excluding carboxylic acids is 1. The van der Waals surface area contributed by atoms with Gasteiger partial charge in [-0.25, -0.2) is 4.98 Å². The number of ether oxygens (including phenoxy) is 1. The summed E-state index contributed by atoms with van der Waals surface area (Å²) in [5.41, 5.74) is 0.916. The Hall–Kier alpha value is -2.39. The molecule has 0 saturated heterocycles. The first kappa shape index (κ1) is 23.9. The Morgan fingerprint density at radius 1 is 1.17 bits per heavy atom. The molecule has 2 aromatic heterocycles. The Labute approximate surface area is 185 Å². The van der Waals surface area contributed by atoms with Crippen molar-refractivity contribution in [3.63, 3.8) is 0 Å². The number of hydrogen-bond donors (Lipinski definition) is 4. The molecule has 0 radical (unpaired) electrons. The highest BCUT2D eigenvalue weighted by molar-refractivity contribution is 5.94. The number of imidazole rings is 1. The van der Waals surface area contributed by atoms with Crippen molar-refractivity contribution in [2.24, 2.45) is 5.41 Å². The van der Waals surface area contributed by atoms with Gasteiger partial charge in [0.05, 0.1) is 36.0 Å². The molecule has 10 heteroatoms. The third-order valence-corrected chi connectivity index (χ3v) is 5.14. The van der Waals surface area contributed by atoms with Crippen LogP contribution in [0.4, 0.5) is 0 Å². The van der Waals surface area contributed by atoms with E-state index in [-0.39, 0.29) is 49.7 Å².